The summed E-state index contributed by atoms with van der Waals surface area (Å²) in [5.74, 6) is 2.52. The first-order valence-electron chi connectivity index (χ1n) is 7.90. The Balaban J connectivity index is 0.00000312. The first-order valence-corrected chi connectivity index (χ1v) is 9.72. The molecule has 0 aliphatic carbocycles. The van der Waals surface area contributed by atoms with Gasteiger partial charge in [0, 0.05) is 13.1 Å². The number of benzene rings is 1. The molecule has 2 N–H and O–H groups in total. The SMILES string of the molecule is CN=C(NCC(C)Oc1ccc(OC)cc1)NC1CCS(=O)(=O)C1.I. The number of nitrogens with zero attached hydrogens (tertiary/aromatic N) is 1. The highest BCUT2D eigenvalue weighted by Crippen LogP contribution is 2.18. The van der Waals surface area contributed by atoms with E-state index in [1.807, 2.05) is 31.2 Å². The molecule has 1 aromatic rings. The number of guanidine groups is 1. The Morgan fingerprint density at radius 1 is 1.32 bits per heavy atom. The van der Waals surface area contributed by atoms with Gasteiger partial charge in [-0.25, -0.2) is 8.42 Å². The molecule has 0 spiro atoms. The number of rotatable bonds is 6. The fourth-order valence-electron chi connectivity index (χ4n) is 2.47. The van der Waals surface area contributed by atoms with Gasteiger partial charge in [-0.1, -0.05) is 0 Å². The van der Waals surface area contributed by atoms with Gasteiger partial charge in [-0.15, -0.1) is 24.0 Å². The Morgan fingerprint density at radius 3 is 2.48 bits per heavy atom. The Morgan fingerprint density at radius 2 is 1.96 bits per heavy atom. The zero-order chi connectivity index (χ0) is 17.6. The van der Waals surface area contributed by atoms with Crippen LogP contribution in [-0.2, 0) is 9.84 Å². The van der Waals surface area contributed by atoms with E-state index in [2.05, 4.69) is 15.6 Å². The number of ether oxygens (including phenoxy) is 2. The predicted octanol–water partition coefficient (Wildman–Crippen LogP) is 1.43. The van der Waals surface area contributed by atoms with Crippen LogP contribution in [0.1, 0.15) is 13.3 Å². The maximum Gasteiger partial charge on any atom is 0.191 e. The minimum absolute atomic E-state index is 0. The highest BCUT2D eigenvalue weighted by molar-refractivity contribution is 14.0. The molecule has 1 saturated heterocycles. The summed E-state index contributed by atoms with van der Waals surface area (Å²) in [6, 6.07) is 7.31. The van der Waals surface area contributed by atoms with Crippen molar-refractivity contribution < 1.29 is 17.9 Å². The second-order valence-corrected chi connectivity index (χ2v) is 8.03. The summed E-state index contributed by atoms with van der Waals surface area (Å²) < 4.78 is 33.9. The Labute approximate surface area is 166 Å². The monoisotopic (exact) mass is 483 g/mol. The van der Waals surface area contributed by atoms with Gasteiger partial charge in [-0.05, 0) is 37.6 Å². The lowest BCUT2D eigenvalue weighted by molar-refractivity contribution is 0.223. The van der Waals surface area contributed by atoms with Crippen molar-refractivity contribution in [2.24, 2.45) is 4.99 Å². The Kier molecular flexibility index (Phi) is 8.77. The topological polar surface area (TPSA) is 89.0 Å². The summed E-state index contributed by atoms with van der Waals surface area (Å²) in [7, 11) is 0.375. The van der Waals surface area contributed by atoms with E-state index in [4.69, 9.17) is 9.47 Å². The van der Waals surface area contributed by atoms with Gasteiger partial charge in [0.2, 0.25) is 0 Å². The van der Waals surface area contributed by atoms with Gasteiger partial charge in [-0.2, -0.15) is 0 Å². The van der Waals surface area contributed by atoms with Crippen LogP contribution in [0, 0.1) is 0 Å². The van der Waals surface area contributed by atoms with Crippen molar-refractivity contribution >= 4 is 39.8 Å². The zero-order valence-electron chi connectivity index (χ0n) is 14.7. The van der Waals surface area contributed by atoms with E-state index in [-0.39, 0.29) is 47.6 Å². The lowest BCUT2D eigenvalue weighted by atomic mass is 10.3. The number of hydrogen-bond donors (Lipinski definition) is 2. The minimum Gasteiger partial charge on any atom is -0.497 e. The average Bonchev–Trinajstić information content (AvgIpc) is 2.90. The van der Waals surface area contributed by atoms with E-state index in [1.165, 1.54) is 0 Å². The number of nitrogens with one attached hydrogen (secondary N) is 2. The molecular weight excluding hydrogens is 457 g/mol. The molecule has 0 radical (unpaired) electrons. The van der Waals surface area contributed by atoms with Crippen molar-refractivity contribution in [3.05, 3.63) is 24.3 Å². The molecule has 0 aromatic heterocycles. The number of aliphatic imine (C=N–C) groups is 1. The number of hydrogen-bond acceptors (Lipinski definition) is 5. The second kappa shape index (κ2) is 10.0. The molecule has 1 aliphatic rings. The van der Waals surface area contributed by atoms with Crippen molar-refractivity contribution in [1.29, 1.82) is 0 Å². The molecule has 1 aromatic carbocycles. The van der Waals surface area contributed by atoms with E-state index < -0.39 is 9.84 Å². The molecule has 1 aliphatic heterocycles. The second-order valence-electron chi connectivity index (χ2n) is 5.80. The lowest BCUT2D eigenvalue weighted by Gasteiger charge is -2.19. The fourth-order valence-corrected chi connectivity index (χ4v) is 4.14. The molecule has 1 heterocycles. The van der Waals surface area contributed by atoms with Crippen LogP contribution in [0.2, 0.25) is 0 Å². The largest absolute Gasteiger partial charge is 0.497 e. The van der Waals surface area contributed by atoms with Crippen molar-refractivity contribution in [2.45, 2.75) is 25.5 Å². The van der Waals surface area contributed by atoms with E-state index in [0.717, 1.165) is 11.5 Å². The van der Waals surface area contributed by atoms with Crippen LogP contribution < -0.4 is 20.1 Å². The third-order valence-corrected chi connectivity index (χ3v) is 5.52. The van der Waals surface area contributed by atoms with Gasteiger partial charge in [0.15, 0.2) is 15.8 Å². The zero-order valence-corrected chi connectivity index (χ0v) is 17.8. The molecule has 2 unspecified atom stereocenters. The first-order chi connectivity index (χ1) is 11.4. The Hall–Kier alpha value is -1.23. The summed E-state index contributed by atoms with van der Waals surface area (Å²) in [4.78, 5) is 4.13. The van der Waals surface area contributed by atoms with E-state index in [0.29, 0.717) is 18.9 Å². The standard InChI is InChI=1S/C16H25N3O4S.HI/c1-12(23-15-6-4-14(22-3)5-7-15)10-18-16(17-2)19-13-8-9-24(20,21)11-13;/h4-7,12-13H,8-11H2,1-3H3,(H2,17,18,19);1H. The van der Waals surface area contributed by atoms with Crippen LogP contribution in [-0.4, -0.2) is 58.7 Å². The van der Waals surface area contributed by atoms with Crippen LogP contribution in [0.3, 0.4) is 0 Å². The maximum absolute atomic E-state index is 11.5. The van der Waals surface area contributed by atoms with Gasteiger partial charge in [0.05, 0.1) is 25.2 Å². The third-order valence-electron chi connectivity index (χ3n) is 3.75. The predicted molar refractivity (Wildman–Crippen MR) is 110 cm³/mol. The molecular formula is C16H26IN3O4S. The van der Waals surface area contributed by atoms with Crippen molar-refractivity contribution in [1.82, 2.24) is 10.6 Å². The summed E-state index contributed by atoms with van der Waals surface area (Å²) >= 11 is 0. The van der Waals surface area contributed by atoms with Gasteiger partial charge in [-0.3, -0.25) is 4.99 Å². The van der Waals surface area contributed by atoms with Crippen LogP contribution in [0.15, 0.2) is 29.3 Å². The van der Waals surface area contributed by atoms with Gasteiger partial charge >= 0.3 is 0 Å². The van der Waals surface area contributed by atoms with E-state index >= 15 is 0 Å². The third kappa shape index (κ3) is 7.27. The average molecular weight is 483 g/mol. The van der Waals surface area contributed by atoms with Crippen molar-refractivity contribution in [2.75, 3.05) is 32.2 Å². The molecule has 0 saturated carbocycles. The Bertz CT molecular complexity index is 664. The van der Waals surface area contributed by atoms with E-state index in [1.54, 1.807) is 14.2 Å². The molecule has 9 heteroatoms. The summed E-state index contributed by atoms with van der Waals surface area (Å²) in [5.41, 5.74) is 0. The summed E-state index contributed by atoms with van der Waals surface area (Å²) in [6.45, 7) is 2.50. The lowest BCUT2D eigenvalue weighted by Crippen LogP contribution is -2.46. The molecule has 2 atom stereocenters. The molecule has 7 nitrogen and oxygen atoms in total. The van der Waals surface area contributed by atoms with Crippen LogP contribution >= 0.6 is 24.0 Å². The smallest absolute Gasteiger partial charge is 0.191 e. The quantitative estimate of drug-likeness (QED) is 0.362. The van der Waals surface area contributed by atoms with E-state index in [9.17, 15) is 8.42 Å². The first kappa shape index (κ1) is 21.8. The molecule has 2 rings (SSSR count). The highest BCUT2D eigenvalue weighted by Gasteiger charge is 2.28. The normalized spacial score (nSPS) is 20.3. The summed E-state index contributed by atoms with van der Waals surface area (Å²) in [6.07, 6.45) is 0.533. The van der Waals surface area contributed by atoms with Gasteiger partial charge in [0.25, 0.3) is 0 Å². The van der Waals surface area contributed by atoms with Crippen molar-refractivity contribution in [3.63, 3.8) is 0 Å². The highest BCUT2D eigenvalue weighted by atomic mass is 127. The van der Waals surface area contributed by atoms with Gasteiger partial charge in [0.1, 0.15) is 17.6 Å². The number of halogens is 1. The van der Waals surface area contributed by atoms with Crippen LogP contribution in [0.4, 0.5) is 0 Å². The molecule has 1 fully saturated rings. The molecule has 0 amide bonds. The van der Waals surface area contributed by atoms with Crippen LogP contribution in [0.5, 0.6) is 11.5 Å². The molecule has 25 heavy (non-hydrogen) atoms. The maximum atomic E-state index is 11.5. The van der Waals surface area contributed by atoms with Crippen LogP contribution in [0.25, 0.3) is 0 Å². The number of methoxy groups -OCH3 is 1. The molecule has 142 valence electrons. The fraction of sp³-hybridized carbons (Fsp3) is 0.562. The molecule has 0 bridgehead atoms. The minimum atomic E-state index is -2.91. The number of sulfone groups is 1. The van der Waals surface area contributed by atoms with Crippen molar-refractivity contribution in [3.8, 4) is 11.5 Å². The van der Waals surface area contributed by atoms with Gasteiger partial charge < -0.3 is 20.1 Å². The summed E-state index contributed by atoms with van der Waals surface area (Å²) in [5, 5.41) is 6.30.